The number of halogens is 1. The van der Waals surface area contributed by atoms with Crippen LogP contribution in [-0.2, 0) is 9.53 Å². The zero-order chi connectivity index (χ0) is 14.7. The number of fused-ring (bicyclic) bond motifs is 1. The van der Waals surface area contributed by atoms with Crippen LogP contribution in [0, 0.1) is 0 Å². The van der Waals surface area contributed by atoms with Crippen LogP contribution in [0.1, 0.15) is 6.42 Å². The molecule has 0 saturated heterocycles. The highest BCUT2D eigenvalue weighted by atomic mass is 35.5. The molecule has 0 N–H and O–H groups in total. The Balaban J connectivity index is 0.00000176. The van der Waals surface area contributed by atoms with Gasteiger partial charge in [0.05, 0.1) is 7.11 Å². The highest BCUT2D eigenvalue weighted by molar-refractivity contribution is 5.88. The Kier molecular flexibility index (Phi) is 5.69. The predicted octanol–water partition coefficient (Wildman–Crippen LogP) is 2.05. The Labute approximate surface area is 136 Å². The van der Waals surface area contributed by atoms with Crippen LogP contribution in [0.5, 0.6) is 11.5 Å². The van der Waals surface area contributed by atoms with Gasteiger partial charge < -0.3 is 14.2 Å². The standard InChI is InChI=1S/C16H19NO4.ClH/c1-19-16(18)12-5-4-8-17(9-12)10-13-11-20-14-6-2-3-7-15(14)21-13;/h2-3,5-7,13H,4,8-11H2,1H3;1H. The van der Waals surface area contributed by atoms with Crippen molar-refractivity contribution in [2.24, 2.45) is 0 Å². The Morgan fingerprint density at radius 1 is 1.36 bits per heavy atom. The molecule has 3 rings (SSSR count). The molecular formula is C16H20ClNO4. The molecule has 2 aliphatic rings. The smallest absolute Gasteiger partial charge is 0.334 e. The maximum Gasteiger partial charge on any atom is 0.334 e. The van der Waals surface area contributed by atoms with E-state index in [9.17, 15) is 4.79 Å². The van der Waals surface area contributed by atoms with E-state index < -0.39 is 0 Å². The summed E-state index contributed by atoms with van der Waals surface area (Å²) in [4.78, 5) is 13.8. The summed E-state index contributed by atoms with van der Waals surface area (Å²) in [7, 11) is 1.41. The van der Waals surface area contributed by atoms with E-state index in [1.165, 1.54) is 7.11 Å². The third-order valence-corrected chi connectivity index (χ3v) is 3.71. The van der Waals surface area contributed by atoms with Gasteiger partial charge in [-0.15, -0.1) is 12.4 Å². The highest BCUT2D eigenvalue weighted by Crippen LogP contribution is 2.31. The topological polar surface area (TPSA) is 48.0 Å². The lowest BCUT2D eigenvalue weighted by atomic mass is 10.1. The Hall–Kier alpha value is -1.72. The number of carbonyl (C=O) groups excluding carboxylic acids is 1. The van der Waals surface area contributed by atoms with Crippen molar-refractivity contribution in [1.29, 1.82) is 0 Å². The fourth-order valence-corrected chi connectivity index (χ4v) is 2.68. The van der Waals surface area contributed by atoms with Crippen LogP contribution in [0.25, 0.3) is 0 Å². The van der Waals surface area contributed by atoms with E-state index >= 15 is 0 Å². The summed E-state index contributed by atoms with van der Waals surface area (Å²) in [5.74, 6) is 1.34. The molecular weight excluding hydrogens is 306 g/mol. The van der Waals surface area contributed by atoms with Gasteiger partial charge in [-0.3, -0.25) is 4.90 Å². The van der Waals surface area contributed by atoms with Crippen LogP contribution in [0.3, 0.4) is 0 Å². The predicted molar refractivity (Wildman–Crippen MR) is 84.8 cm³/mol. The number of hydrogen-bond donors (Lipinski definition) is 0. The quantitative estimate of drug-likeness (QED) is 0.796. The molecule has 2 aliphatic heterocycles. The SMILES string of the molecule is COC(=O)C1=CCCN(CC2COc3ccccc3O2)C1.Cl. The molecule has 120 valence electrons. The van der Waals surface area contributed by atoms with Gasteiger partial charge >= 0.3 is 5.97 Å². The summed E-state index contributed by atoms with van der Waals surface area (Å²) in [5.41, 5.74) is 0.723. The fraction of sp³-hybridized carbons (Fsp3) is 0.438. The Morgan fingerprint density at radius 3 is 2.91 bits per heavy atom. The first-order valence-electron chi connectivity index (χ1n) is 7.14. The lowest BCUT2D eigenvalue weighted by molar-refractivity contribution is -0.136. The van der Waals surface area contributed by atoms with Gasteiger partial charge in [0.25, 0.3) is 0 Å². The van der Waals surface area contributed by atoms with Crippen molar-refractivity contribution in [1.82, 2.24) is 4.90 Å². The maximum atomic E-state index is 11.6. The molecule has 0 amide bonds. The summed E-state index contributed by atoms with van der Waals surface area (Å²) in [6, 6.07) is 7.69. The minimum atomic E-state index is -0.245. The number of ether oxygens (including phenoxy) is 3. The molecule has 22 heavy (non-hydrogen) atoms. The fourth-order valence-electron chi connectivity index (χ4n) is 2.68. The summed E-state index contributed by atoms with van der Waals surface area (Å²) in [6.07, 6.45) is 2.79. The van der Waals surface area contributed by atoms with Crippen molar-refractivity contribution in [3.8, 4) is 11.5 Å². The zero-order valence-electron chi connectivity index (χ0n) is 12.5. The first-order valence-corrected chi connectivity index (χ1v) is 7.14. The molecule has 0 saturated carbocycles. The summed E-state index contributed by atoms with van der Waals surface area (Å²) in [5, 5.41) is 0. The van der Waals surface area contributed by atoms with Crippen LogP contribution >= 0.6 is 12.4 Å². The molecule has 0 radical (unpaired) electrons. The highest BCUT2D eigenvalue weighted by Gasteiger charge is 2.25. The lowest BCUT2D eigenvalue weighted by Gasteiger charge is -2.32. The number of hydrogen-bond acceptors (Lipinski definition) is 5. The van der Waals surface area contributed by atoms with E-state index in [1.54, 1.807) is 0 Å². The van der Waals surface area contributed by atoms with Gasteiger partial charge in [-0.25, -0.2) is 4.79 Å². The second-order valence-electron chi connectivity index (χ2n) is 5.24. The molecule has 0 aliphatic carbocycles. The third kappa shape index (κ3) is 3.72. The van der Waals surface area contributed by atoms with Crippen LogP contribution in [0.4, 0.5) is 0 Å². The molecule has 0 fully saturated rings. The molecule has 1 atom stereocenters. The van der Waals surface area contributed by atoms with Crippen molar-refractivity contribution < 1.29 is 19.0 Å². The molecule has 1 aromatic carbocycles. The van der Waals surface area contributed by atoms with Gasteiger partial charge in [0.15, 0.2) is 11.5 Å². The largest absolute Gasteiger partial charge is 0.486 e. The lowest BCUT2D eigenvalue weighted by Crippen LogP contribution is -2.43. The number of nitrogens with zero attached hydrogens (tertiary/aromatic N) is 1. The zero-order valence-corrected chi connectivity index (χ0v) is 13.3. The molecule has 1 unspecified atom stereocenters. The van der Waals surface area contributed by atoms with Crippen molar-refractivity contribution in [3.63, 3.8) is 0 Å². The van der Waals surface area contributed by atoms with Gasteiger partial charge in [-0.1, -0.05) is 18.2 Å². The van der Waals surface area contributed by atoms with E-state index in [0.29, 0.717) is 13.2 Å². The van der Waals surface area contributed by atoms with Gasteiger partial charge in [0, 0.05) is 25.2 Å². The third-order valence-electron chi connectivity index (χ3n) is 3.71. The van der Waals surface area contributed by atoms with E-state index in [4.69, 9.17) is 14.2 Å². The number of benzene rings is 1. The molecule has 5 nitrogen and oxygen atoms in total. The van der Waals surface area contributed by atoms with Gasteiger partial charge in [0.2, 0.25) is 0 Å². The Bertz CT molecular complexity index is 561. The second-order valence-corrected chi connectivity index (χ2v) is 5.24. The summed E-state index contributed by atoms with van der Waals surface area (Å²) >= 11 is 0. The first kappa shape index (κ1) is 16.6. The van der Waals surface area contributed by atoms with E-state index in [1.807, 2.05) is 30.3 Å². The van der Waals surface area contributed by atoms with Crippen LogP contribution < -0.4 is 9.47 Å². The minimum Gasteiger partial charge on any atom is -0.486 e. The number of carbonyl (C=O) groups is 1. The number of rotatable bonds is 3. The molecule has 1 aromatic rings. The summed E-state index contributed by atoms with van der Waals surface area (Å²) in [6.45, 7) is 2.80. The van der Waals surface area contributed by atoms with Crippen molar-refractivity contribution in [2.75, 3.05) is 33.4 Å². The number of methoxy groups -OCH3 is 1. The van der Waals surface area contributed by atoms with E-state index in [-0.39, 0.29) is 24.5 Å². The molecule has 0 bridgehead atoms. The molecule has 0 spiro atoms. The minimum absolute atomic E-state index is 0. The second kappa shape index (κ2) is 7.51. The van der Waals surface area contributed by atoms with Gasteiger partial charge in [0.1, 0.15) is 12.7 Å². The van der Waals surface area contributed by atoms with Crippen molar-refractivity contribution in [3.05, 3.63) is 35.9 Å². The van der Waals surface area contributed by atoms with Crippen LogP contribution in [-0.4, -0.2) is 50.3 Å². The summed E-state index contributed by atoms with van der Waals surface area (Å²) < 4.78 is 16.5. The average Bonchev–Trinajstić information content (AvgIpc) is 2.54. The molecule has 2 heterocycles. The number of para-hydroxylation sites is 2. The van der Waals surface area contributed by atoms with E-state index in [2.05, 4.69) is 4.90 Å². The van der Waals surface area contributed by atoms with Crippen molar-refractivity contribution in [2.45, 2.75) is 12.5 Å². The molecule has 0 aromatic heterocycles. The van der Waals surface area contributed by atoms with Gasteiger partial charge in [-0.05, 0) is 18.6 Å². The van der Waals surface area contributed by atoms with Crippen LogP contribution in [0.15, 0.2) is 35.9 Å². The molecule has 6 heteroatoms. The van der Waals surface area contributed by atoms with E-state index in [0.717, 1.165) is 36.6 Å². The normalized spacial score (nSPS) is 20.6. The van der Waals surface area contributed by atoms with Crippen molar-refractivity contribution >= 4 is 18.4 Å². The Morgan fingerprint density at radius 2 is 2.14 bits per heavy atom. The monoisotopic (exact) mass is 325 g/mol. The first-order chi connectivity index (χ1) is 10.3. The average molecular weight is 326 g/mol. The maximum absolute atomic E-state index is 11.6. The number of esters is 1. The van der Waals surface area contributed by atoms with Crippen LogP contribution in [0.2, 0.25) is 0 Å². The van der Waals surface area contributed by atoms with Gasteiger partial charge in [-0.2, -0.15) is 0 Å².